The molecular weight excluding hydrogens is 220 g/mol. The van der Waals surface area contributed by atoms with Crippen molar-refractivity contribution in [3.05, 3.63) is 35.4 Å². The van der Waals surface area contributed by atoms with Gasteiger partial charge < -0.3 is 0 Å². The standard InChI is InChI=1S/C17H24O/c1-3-4-14-9-10-17(18)16(11-14)12-15-7-5-13(2)6-8-15/h5-8,14,16H,3-4,9-12H2,1-2H3. The highest BCUT2D eigenvalue weighted by Crippen LogP contribution is 2.31. The maximum atomic E-state index is 12.0. The van der Waals surface area contributed by atoms with E-state index in [9.17, 15) is 4.79 Å². The molecule has 0 N–H and O–H groups in total. The van der Waals surface area contributed by atoms with Crippen molar-refractivity contribution in [2.75, 3.05) is 0 Å². The zero-order chi connectivity index (χ0) is 13.0. The van der Waals surface area contributed by atoms with Crippen molar-refractivity contribution in [1.82, 2.24) is 0 Å². The lowest BCUT2D eigenvalue weighted by molar-refractivity contribution is -0.125. The Bertz CT molecular complexity index is 391. The molecule has 0 spiro atoms. The first-order valence-corrected chi connectivity index (χ1v) is 7.27. The van der Waals surface area contributed by atoms with Crippen LogP contribution in [0.1, 0.15) is 50.2 Å². The van der Waals surface area contributed by atoms with Crippen LogP contribution in [0, 0.1) is 18.8 Å². The fraction of sp³-hybridized carbons (Fsp3) is 0.588. The van der Waals surface area contributed by atoms with Gasteiger partial charge in [-0.05, 0) is 37.7 Å². The molecule has 0 bridgehead atoms. The molecule has 1 heteroatoms. The molecule has 1 saturated carbocycles. The first kappa shape index (κ1) is 13.3. The Morgan fingerprint density at radius 2 is 1.94 bits per heavy atom. The van der Waals surface area contributed by atoms with E-state index < -0.39 is 0 Å². The molecule has 1 aliphatic carbocycles. The molecule has 0 saturated heterocycles. The molecule has 1 aromatic carbocycles. The lowest BCUT2D eigenvalue weighted by atomic mass is 9.76. The van der Waals surface area contributed by atoms with E-state index in [1.165, 1.54) is 24.0 Å². The normalized spacial score (nSPS) is 24.2. The second-order valence-corrected chi connectivity index (χ2v) is 5.78. The van der Waals surface area contributed by atoms with Gasteiger partial charge in [-0.15, -0.1) is 0 Å². The molecule has 1 fully saturated rings. The highest BCUT2D eigenvalue weighted by Gasteiger charge is 2.28. The van der Waals surface area contributed by atoms with Crippen LogP contribution in [0.4, 0.5) is 0 Å². The van der Waals surface area contributed by atoms with Crippen molar-refractivity contribution in [2.45, 2.75) is 52.4 Å². The topological polar surface area (TPSA) is 17.1 Å². The number of benzene rings is 1. The van der Waals surface area contributed by atoms with E-state index in [2.05, 4.69) is 38.1 Å². The Balaban J connectivity index is 1.98. The summed E-state index contributed by atoms with van der Waals surface area (Å²) in [6.07, 6.45) is 6.52. The minimum atomic E-state index is 0.276. The van der Waals surface area contributed by atoms with Crippen molar-refractivity contribution in [3.8, 4) is 0 Å². The van der Waals surface area contributed by atoms with E-state index in [0.29, 0.717) is 5.78 Å². The fourth-order valence-electron chi connectivity index (χ4n) is 3.08. The lowest BCUT2D eigenvalue weighted by Crippen LogP contribution is -2.26. The Morgan fingerprint density at radius 3 is 2.61 bits per heavy atom. The average Bonchev–Trinajstić information content (AvgIpc) is 2.36. The molecule has 0 aliphatic heterocycles. The Labute approximate surface area is 111 Å². The number of hydrogen-bond donors (Lipinski definition) is 0. The second kappa shape index (κ2) is 6.17. The van der Waals surface area contributed by atoms with Gasteiger partial charge in [0.2, 0.25) is 0 Å². The van der Waals surface area contributed by atoms with Crippen LogP contribution >= 0.6 is 0 Å². The number of aryl methyl sites for hydroxylation is 1. The van der Waals surface area contributed by atoms with E-state index in [0.717, 1.165) is 31.6 Å². The third kappa shape index (κ3) is 3.44. The molecule has 0 heterocycles. The van der Waals surface area contributed by atoms with Crippen molar-refractivity contribution in [1.29, 1.82) is 0 Å². The number of carbonyl (C=O) groups excluding carboxylic acids is 1. The summed E-state index contributed by atoms with van der Waals surface area (Å²) in [4.78, 5) is 12.0. The van der Waals surface area contributed by atoms with Crippen molar-refractivity contribution >= 4 is 5.78 Å². The van der Waals surface area contributed by atoms with E-state index in [-0.39, 0.29) is 5.92 Å². The largest absolute Gasteiger partial charge is 0.299 e. The van der Waals surface area contributed by atoms with Crippen LogP contribution < -0.4 is 0 Å². The lowest BCUT2D eigenvalue weighted by Gasteiger charge is -2.28. The van der Waals surface area contributed by atoms with Gasteiger partial charge in [-0.25, -0.2) is 0 Å². The molecule has 1 aliphatic rings. The zero-order valence-corrected chi connectivity index (χ0v) is 11.6. The van der Waals surface area contributed by atoms with Crippen LogP contribution in [0.25, 0.3) is 0 Å². The van der Waals surface area contributed by atoms with E-state index in [4.69, 9.17) is 0 Å². The monoisotopic (exact) mass is 244 g/mol. The van der Waals surface area contributed by atoms with Crippen molar-refractivity contribution in [2.24, 2.45) is 11.8 Å². The number of ketones is 1. The Kier molecular flexibility index (Phi) is 4.57. The van der Waals surface area contributed by atoms with Crippen LogP contribution in [0.3, 0.4) is 0 Å². The van der Waals surface area contributed by atoms with Gasteiger partial charge in [0, 0.05) is 12.3 Å². The number of carbonyl (C=O) groups is 1. The van der Waals surface area contributed by atoms with E-state index in [1.54, 1.807) is 0 Å². The van der Waals surface area contributed by atoms with Gasteiger partial charge in [0.05, 0.1) is 0 Å². The summed E-state index contributed by atoms with van der Waals surface area (Å²) in [5, 5.41) is 0. The van der Waals surface area contributed by atoms with Gasteiger partial charge in [0.25, 0.3) is 0 Å². The Morgan fingerprint density at radius 1 is 1.22 bits per heavy atom. The molecule has 2 rings (SSSR count). The van der Waals surface area contributed by atoms with Gasteiger partial charge in [0.1, 0.15) is 5.78 Å². The molecular formula is C17H24O. The van der Waals surface area contributed by atoms with Crippen molar-refractivity contribution < 1.29 is 4.79 Å². The first-order valence-electron chi connectivity index (χ1n) is 7.27. The summed E-state index contributed by atoms with van der Waals surface area (Å²) in [5.74, 6) is 1.55. The average molecular weight is 244 g/mol. The SMILES string of the molecule is CCCC1CCC(=O)C(Cc2ccc(C)cc2)C1. The van der Waals surface area contributed by atoms with Gasteiger partial charge >= 0.3 is 0 Å². The number of Topliss-reactive ketones (excluding diaryl/α,β-unsaturated/α-hetero) is 1. The molecule has 2 unspecified atom stereocenters. The van der Waals surface area contributed by atoms with Crippen LogP contribution in [0.15, 0.2) is 24.3 Å². The smallest absolute Gasteiger partial charge is 0.136 e. The first-order chi connectivity index (χ1) is 8.69. The number of hydrogen-bond acceptors (Lipinski definition) is 1. The zero-order valence-electron chi connectivity index (χ0n) is 11.6. The summed E-state index contributed by atoms with van der Waals surface area (Å²) < 4.78 is 0. The second-order valence-electron chi connectivity index (χ2n) is 5.78. The minimum Gasteiger partial charge on any atom is -0.299 e. The predicted octanol–water partition coefficient (Wildman–Crippen LogP) is 4.32. The third-order valence-corrected chi connectivity index (χ3v) is 4.17. The predicted molar refractivity (Wildman–Crippen MR) is 75.6 cm³/mol. The summed E-state index contributed by atoms with van der Waals surface area (Å²) in [6.45, 7) is 4.35. The molecule has 1 nitrogen and oxygen atoms in total. The van der Waals surface area contributed by atoms with Crippen molar-refractivity contribution in [3.63, 3.8) is 0 Å². The van der Waals surface area contributed by atoms with E-state index >= 15 is 0 Å². The molecule has 2 atom stereocenters. The molecule has 98 valence electrons. The third-order valence-electron chi connectivity index (χ3n) is 4.17. The summed E-state index contributed by atoms with van der Waals surface area (Å²) in [6, 6.07) is 8.64. The fourth-order valence-corrected chi connectivity index (χ4v) is 3.08. The minimum absolute atomic E-state index is 0.276. The highest BCUT2D eigenvalue weighted by molar-refractivity contribution is 5.82. The summed E-state index contributed by atoms with van der Waals surface area (Å²) in [5.41, 5.74) is 2.61. The molecule has 18 heavy (non-hydrogen) atoms. The summed E-state index contributed by atoms with van der Waals surface area (Å²) in [7, 11) is 0. The maximum Gasteiger partial charge on any atom is 0.136 e. The van der Waals surface area contributed by atoms with Crippen LogP contribution in [0.5, 0.6) is 0 Å². The molecule has 1 aromatic rings. The molecule has 0 radical (unpaired) electrons. The quantitative estimate of drug-likeness (QED) is 0.770. The maximum absolute atomic E-state index is 12.0. The molecule has 0 aromatic heterocycles. The Hall–Kier alpha value is -1.11. The van der Waals surface area contributed by atoms with Gasteiger partial charge in [-0.3, -0.25) is 4.79 Å². The number of rotatable bonds is 4. The van der Waals surface area contributed by atoms with Gasteiger partial charge in [-0.1, -0.05) is 49.6 Å². The summed E-state index contributed by atoms with van der Waals surface area (Å²) >= 11 is 0. The van der Waals surface area contributed by atoms with E-state index in [1.807, 2.05) is 0 Å². The highest BCUT2D eigenvalue weighted by atomic mass is 16.1. The van der Waals surface area contributed by atoms with Crippen LogP contribution in [-0.4, -0.2) is 5.78 Å². The van der Waals surface area contributed by atoms with Gasteiger partial charge in [0.15, 0.2) is 0 Å². The van der Waals surface area contributed by atoms with Crippen LogP contribution in [-0.2, 0) is 11.2 Å². The van der Waals surface area contributed by atoms with Gasteiger partial charge in [-0.2, -0.15) is 0 Å². The molecule has 0 amide bonds. The van der Waals surface area contributed by atoms with Crippen LogP contribution in [0.2, 0.25) is 0 Å².